The maximum absolute atomic E-state index is 12.7. The highest BCUT2D eigenvalue weighted by Gasteiger charge is 2.21. The molecule has 0 aliphatic carbocycles. The van der Waals surface area contributed by atoms with Gasteiger partial charge in [-0.05, 0) is 30.2 Å². The van der Waals surface area contributed by atoms with E-state index in [0.29, 0.717) is 30.3 Å². The van der Waals surface area contributed by atoms with E-state index >= 15 is 0 Å². The Bertz CT molecular complexity index is 442. The molecule has 1 fully saturated rings. The monoisotopic (exact) mass is 235 g/mol. The van der Waals surface area contributed by atoms with Crippen LogP contribution in [-0.2, 0) is 4.79 Å². The lowest BCUT2D eigenvalue weighted by atomic mass is 10.00. The second-order valence-electron chi connectivity index (χ2n) is 4.20. The van der Waals surface area contributed by atoms with Crippen LogP contribution in [0, 0.1) is 11.7 Å². The number of nitrogens with zero attached hydrogens (tertiary/aromatic N) is 1. The van der Waals surface area contributed by atoms with Gasteiger partial charge in [0.05, 0.1) is 5.69 Å². The average Bonchev–Trinajstić information content (AvgIpc) is 2.32. The third-order valence-electron chi connectivity index (χ3n) is 2.58. The summed E-state index contributed by atoms with van der Waals surface area (Å²) in [4.78, 5) is 11.5. The number of piperidine rings is 1. The lowest BCUT2D eigenvalue weighted by Crippen LogP contribution is -2.41. The normalized spacial score (nSPS) is 22.4. The fraction of sp³-hybridized carbons (Fsp3) is 0.333. The van der Waals surface area contributed by atoms with E-state index in [4.69, 9.17) is 0 Å². The first-order valence-electron chi connectivity index (χ1n) is 5.51. The highest BCUT2D eigenvalue weighted by atomic mass is 19.1. The van der Waals surface area contributed by atoms with E-state index in [9.17, 15) is 9.18 Å². The molecule has 2 rings (SSSR count). The van der Waals surface area contributed by atoms with Crippen molar-refractivity contribution in [3.05, 3.63) is 30.1 Å². The van der Waals surface area contributed by atoms with Crippen molar-refractivity contribution in [1.82, 2.24) is 5.32 Å². The van der Waals surface area contributed by atoms with Crippen LogP contribution in [0.15, 0.2) is 29.4 Å². The minimum absolute atomic E-state index is 0.141. The Labute approximate surface area is 98.9 Å². The van der Waals surface area contributed by atoms with Crippen LogP contribution in [-0.4, -0.2) is 18.2 Å². The van der Waals surface area contributed by atoms with Crippen LogP contribution in [0.5, 0.6) is 0 Å². The van der Waals surface area contributed by atoms with E-state index in [1.165, 1.54) is 12.1 Å². The van der Waals surface area contributed by atoms with Crippen molar-refractivity contribution in [3.63, 3.8) is 0 Å². The molecule has 1 saturated heterocycles. The van der Waals surface area contributed by atoms with Crippen molar-refractivity contribution in [2.24, 2.45) is 11.0 Å². The summed E-state index contributed by atoms with van der Waals surface area (Å²) in [5.74, 6) is -0.0496. The molecule has 1 aliphatic heterocycles. The Morgan fingerprint density at radius 2 is 2.12 bits per heavy atom. The van der Waals surface area contributed by atoms with E-state index in [2.05, 4.69) is 15.8 Å². The van der Waals surface area contributed by atoms with Gasteiger partial charge in [0.1, 0.15) is 11.5 Å². The number of hydrogen-bond acceptors (Lipinski definition) is 3. The SMILES string of the molecule is CC1CNC(=O)/C(=N\Nc2ccc(F)cc2)C1. The number of anilines is 1. The summed E-state index contributed by atoms with van der Waals surface area (Å²) in [7, 11) is 0. The van der Waals surface area contributed by atoms with E-state index < -0.39 is 0 Å². The number of carbonyl (C=O) groups excluding carboxylic acids is 1. The Balaban J connectivity index is 2.04. The molecule has 1 unspecified atom stereocenters. The van der Waals surface area contributed by atoms with Gasteiger partial charge in [-0.2, -0.15) is 5.10 Å². The topological polar surface area (TPSA) is 53.5 Å². The molecular formula is C12H14FN3O. The number of amides is 1. The maximum Gasteiger partial charge on any atom is 0.267 e. The number of hydrogen-bond donors (Lipinski definition) is 2. The van der Waals surface area contributed by atoms with Crippen molar-refractivity contribution < 1.29 is 9.18 Å². The first-order valence-corrected chi connectivity index (χ1v) is 5.51. The molecule has 0 bridgehead atoms. The van der Waals surface area contributed by atoms with Gasteiger partial charge in [-0.3, -0.25) is 10.2 Å². The minimum atomic E-state index is -0.299. The summed E-state index contributed by atoms with van der Waals surface area (Å²) in [5.41, 5.74) is 3.89. The van der Waals surface area contributed by atoms with Crippen LogP contribution in [0.4, 0.5) is 10.1 Å². The molecular weight excluding hydrogens is 221 g/mol. The summed E-state index contributed by atoms with van der Waals surface area (Å²) < 4.78 is 12.7. The first-order chi connectivity index (χ1) is 8.15. The molecule has 1 amide bonds. The van der Waals surface area contributed by atoms with Gasteiger partial charge < -0.3 is 5.32 Å². The molecule has 1 aromatic rings. The van der Waals surface area contributed by atoms with E-state index in [-0.39, 0.29) is 11.7 Å². The van der Waals surface area contributed by atoms with Crippen molar-refractivity contribution in [1.29, 1.82) is 0 Å². The van der Waals surface area contributed by atoms with Crippen LogP contribution in [0.3, 0.4) is 0 Å². The van der Waals surface area contributed by atoms with E-state index in [0.717, 1.165) is 0 Å². The minimum Gasteiger partial charge on any atom is -0.351 e. The van der Waals surface area contributed by atoms with E-state index in [1.807, 2.05) is 6.92 Å². The highest BCUT2D eigenvalue weighted by molar-refractivity contribution is 6.39. The molecule has 0 aromatic heterocycles. The Morgan fingerprint density at radius 3 is 2.82 bits per heavy atom. The molecule has 0 spiro atoms. The molecule has 1 aliphatic rings. The number of halogens is 1. The first kappa shape index (κ1) is 11.6. The van der Waals surface area contributed by atoms with Crippen molar-refractivity contribution in [2.45, 2.75) is 13.3 Å². The smallest absolute Gasteiger partial charge is 0.267 e. The zero-order valence-corrected chi connectivity index (χ0v) is 9.53. The summed E-state index contributed by atoms with van der Waals surface area (Å²) in [6, 6.07) is 5.82. The van der Waals surface area contributed by atoms with E-state index in [1.54, 1.807) is 12.1 Å². The molecule has 90 valence electrons. The fourth-order valence-corrected chi connectivity index (χ4v) is 1.62. The van der Waals surface area contributed by atoms with Gasteiger partial charge in [-0.25, -0.2) is 4.39 Å². The number of hydrazone groups is 1. The standard InChI is InChI=1S/C12H14FN3O/c1-8-6-11(12(17)14-7-8)16-15-10-4-2-9(13)3-5-10/h2-5,8,15H,6-7H2,1H3,(H,14,17)/b16-11-. The zero-order chi connectivity index (χ0) is 12.3. The van der Waals surface area contributed by atoms with Gasteiger partial charge in [0, 0.05) is 13.0 Å². The Kier molecular flexibility index (Phi) is 3.37. The average molecular weight is 235 g/mol. The van der Waals surface area contributed by atoms with Gasteiger partial charge in [0.25, 0.3) is 5.91 Å². The largest absolute Gasteiger partial charge is 0.351 e. The number of rotatable bonds is 2. The zero-order valence-electron chi connectivity index (χ0n) is 9.53. The molecule has 0 radical (unpaired) electrons. The number of carbonyl (C=O) groups is 1. The third kappa shape index (κ3) is 3.03. The Morgan fingerprint density at radius 1 is 1.41 bits per heavy atom. The van der Waals surface area contributed by atoms with Gasteiger partial charge in [-0.1, -0.05) is 6.92 Å². The summed E-state index contributed by atoms with van der Waals surface area (Å²) >= 11 is 0. The van der Waals surface area contributed by atoms with Crippen LogP contribution in [0.2, 0.25) is 0 Å². The van der Waals surface area contributed by atoms with Gasteiger partial charge in [0.15, 0.2) is 0 Å². The van der Waals surface area contributed by atoms with Gasteiger partial charge in [0.2, 0.25) is 0 Å². The molecule has 17 heavy (non-hydrogen) atoms. The molecule has 1 aromatic carbocycles. The van der Waals surface area contributed by atoms with Crippen LogP contribution in [0.1, 0.15) is 13.3 Å². The second-order valence-corrected chi connectivity index (χ2v) is 4.20. The van der Waals surface area contributed by atoms with Crippen LogP contribution in [0.25, 0.3) is 0 Å². The van der Waals surface area contributed by atoms with Gasteiger partial charge in [-0.15, -0.1) is 0 Å². The van der Waals surface area contributed by atoms with Crippen LogP contribution >= 0.6 is 0 Å². The summed E-state index contributed by atoms with van der Waals surface area (Å²) in [6.45, 7) is 2.74. The van der Waals surface area contributed by atoms with Gasteiger partial charge >= 0.3 is 0 Å². The second kappa shape index (κ2) is 4.95. The molecule has 2 N–H and O–H groups in total. The summed E-state index contributed by atoms with van der Waals surface area (Å²) in [6.07, 6.45) is 0.653. The molecule has 1 atom stereocenters. The fourth-order valence-electron chi connectivity index (χ4n) is 1.62. The molecule has 0 saturated carbocycles. The molecule has 1 heterocycles. The number of nitrogens with one attached hydrogen (secondary N) is 2. The quantitative estimate of drug-likeness (QED) is 0.767. The molecule has 5 heteroatoms. The van der Waals surface area contributed by atoms with Crippen molar-refractivity contribution >= 4 is 17.3 Å². The predicted octanol–water partition coefficient (Wildman–Crippen LogP) is 1.75. The maximum atomic E-state index is 12.7. The summed E-state index contributed by atoms with van der Waals surface area (Å²) in [5, 5.41) is 6.80. The predicted molar refractivity (Wildman–Crippen MR) is 64.2 cm³/mol. The van der Waals surface area contributed by atoms with Crippen molar-refractivity contribution in [2.75, 3.05) is 12.0 Å². The Hall–Kier alpha value is -1.91. The highest BCUT2D eigenvalue weighted by Crippen LogP contribution is 2.11. The lowest BCUT2D eigenvalue weighted by molar-refractivity contribution is -0.115. The molecule has 4 nitrogen and oxygen atoms in total. The lowest BCUT2D eigenvalue weighted by Gasteiger charge is -2.19. The van der Waals surface area contributed by atoms with Crippen LogP contribution < -0.4 is 10.7 Å². The number of benzene rings is 1. The third-order valence-corrected chi connectivity index (χ3v) is 2.58. The van der Waals surface area contributed by atoms with Crippen molar-refractivity contribution in [3.8, 4) is 0 Å².